The highest BCUT2D eigenvalue weighted by Crippen LogP contribution is 2.23. The molecule has 0 bridgehead atoms. The van der Waals surface area contributed by atoms with E-state index in [1.807, 2.05) is 0 Å². The largest absolute Gasteiger partial charge is 0.573 e. The Balaban J connectivity index is 2.05. The second-order valence-electron chi connectivity index (χ2n) is 4.63. The maximum Gasteiger partial charge on any atom is 0.573 e. The molecule has 1 aromatic heterocycles. The fraction of sp³-hybridized carbons (Fsp3) is 0.214. The highest BCUT2D eigenvalue weighted by atomic mass is 19.4. The Bertz CT molecular complexity index is 743. The Kier molecular flexibility index (Phi) is 5.07. The first-order chi connectivity index (χ1) is 11.3. The minimum absolute atomic E-state index is 0.0178. The number of aromatic nitrogens is 2. The third kappa shape index (κ3) is 5.00. The number of alkyl halides is 3. The lowest BCUT2D eigenvalue weighted by atomic mass is 10.2. The quantitative estimate of drug-likeness (QED) is 0.867. The van der Waals surface area contributed by atoms with Crippen LogP contribution in [0.5, 0.6) is 5.75 Å². The summed E-state index contributed by atoms with van der Waals surface area (Å²) < 4.78 is 41.6. The first-order valence-electron chi connectivity index (χ1n) is 6.67. The van der Waals surface area contributed by atoms with Crippen LogP contribution >= 0.6 is 0 Å². The van der Waals surface area contributed by atoms with Gasteiger partial charge in [-0.15, -0.1) is 13.2 Å². The van der Waals surface area contributed by atoms with Crippen molar-refractivity contribution < 1.29 is 27.5 Å². The molecule has 0 spiro atoms. The van der Waals surface area contributed by atoms with Crippen molar-refractivity contribution >= 4 is 17.5 Å². The van der Waals surface area contributed by atoms with Gasteiger partial charge in [0, 0.05) is 18.8 Å². The summed E-state index contributed by atoms with van der Waals surface area (Å²) in [5.74, 6) is -1.40. The molecule has 0 saturated heterocycles. The van der Waals surface area contributed by atoms with E-state index in [2.05, 4.69) is 20.5 Å². The molecule has 10 heteroatoms. The Hall–Kier alpha value is -3.04. The van der Waals surface area contributed by atoms with Gasteiger partial charge in [0.05, 0.1) is 11.9 Å². The van der Waals surface area contributed by atoms with Crippen LogP contribution in [0.2, 0.25) is 0 Å². The van der Waals surface area contributed by atoms with E-state index < -0.39 is 18.0 Å². The average molecular weight is 342 g/mol. The second kappa shape index (κ2) is 7.02. The van der Waals surface area contributed by atoms with Gasteiger partial charge in [-0.1, -0.05) is 6.07 Å². The third-order valence-electron chi connectivity index (χ3n) is 2.81. The molecule has 2 amide bonds. The zero-order valence-corrected chi connectivity index (χ0v) is 12.4. The Morgan fingerprint density at radius 3 is 2.75 bits per heavy atom. The van der Waals surface area contributed by atoms with Crippen LogP contribution in [-0.2, 0) is 11.3 Å². The van der Waals surface area contributed by atoms with Crippen molar-refractivity contribution in [1.82, 2.24) is 15.1 Å². The molecule has 0 radical (unpaired) electrons. The number of halogens is 3. The molecule has 0 aliphatic carbocycles. The van der Waals surface area contributed by atoms with Crippen LogP contribution in [0.3, 0.4) is 0 Å². The summed E-state index contributed by atoms with van der Waals surface area (Å²) in [4.78, 5) is 23.3. The Morgan fingerprint density at radius 1 is 1.33 bits per heavy atom. The van der Waals surface area contributed by atoms with Gasteiger partial charge in [0.15, 0.2) is 0 Å². The van der Waals surface area contributed by atoms with Gasteiger partial charge in [-0.05, 0) is 18.2 Å². The van der Waals surface area contributed by atoms with E-state index in [-0.39, 0.29) is 18.0 Å². The fourth-order valence-corrected chi connectivity index (χ4v) is 1.78. The minimum Gasteiger partial charge on any atom is -0.406 e. The van der Waals surface area contributed by atoms with Crippen molar-refractivity contribution in [3.05, 3.63) is 42.2 Å². The van der Waals surface area contributed by atoms with Crippen molar-refractivity contribution in [2.45, 2.75) is 12.9 Å². The molecule has 2 aromatic rings. The molecule has 1 aromatic carbocycles. The van der Waals surface area contributed by atoms with E-state index >= 15 is 0 Å². The number of rotatable bonds is 5. The van der Waals surface area contributed by atoms with Gasteiger partial charge in [-0.2, -0.15) is 5.10 Å². The number of carbonyl (C=O) groups excluding carboxylic acids is 2. The maximum atomic E-state index is 12.2. The fourth-order valence-electron chi connectivity index (χ4n) is 1.78. The lowest BCUT2D eigenvalue weighted by molar-refractivity contribution is -0.274. The standard InChI is InChI=1S/C14H13F3N4O3/c1-18-12(22)8-21-7-10(6-19-21)20-13(23)9-3-2-4-11(5-9)24-14(15,16)17/h2-7H,8H2,1H3,(H,18,22)(H,20,23). The molecule has 0 aliphatic rings. The lowest BCUT2D eigenvalue weighted by Crippen LogP contribution is -2.23. The summed E-state index contributed by atoms with van der Waals surface area (Å²) in [6.07, 6.45) is -2.10. The summed E-state index contributed by atoms with van der Waals surface area (Å²) in [7, 11) is 1.48. The molecule has 2 N–H and O–H groups in total. The number of anilines is 1. The zero-order chi connectivity index (χ0) is 17.7. The van der Waals surface area contributed by atoms with Crippen LogP contribution in [-0.4, -0.2) is 35.0 Å². The first-order valence-corrected chi connectivity index (χ1v) is 6.67. The van der Waals surface area contributed by atoms with Crippen LogP contribution in [0.25, 0.3) is 0 Å². The number of hydrogen-bond donors (Lipinski definition) is 2. The van der Waals surface area contributed by atoms with Crippen molar-refractivity contribution in [3.63, 3.8) is 0 Å². The molecule has 0 fully saturated rings. The zero-order valence-electron chi connectivity index (χ0n) is 12.4. The SMILES string of the molecule is CNC(=O)Cn1cc(NC(=O)c2cccc(OC(F)(F)F)c2)cn1. The highest BCUT2D eigenvalue weighted by molar-refractivity contribution is 6.04. The molecule has 24 heavy (non-hydrogen) atoms. The van der Waals surface area contributed by atoms with E-state index in [1.54, 1.807) is 0 Å². The van der Waals surface area contributed by atoms with Gasteiger partial charge in [0.1, 0.15) is 12.3 Å². The number of amides is 2. The molecule has 0 atom stereocenters. The molecule has 1 heterocycles. The summed E-state index contributed by atoms with van der Waals surface area (Å²) in [6, 6.07) is 4.67. The third-order valence-corrected chi connectivity index (χ3v) is 2.81. The van der Waals surface area contributed by atoms with Gasteiger partial charge in [0.2, 0.25) is 5.91 Å². The first kappa shape index (κ1) is 17.3. The van der Waals surface area contributed by atoms with Crippen LogP contribution < -0.4 is 15.4 Å². The highest BCUT2D eigenvalue weighted by Gasteiger charge is 2.31. The van der Waals surface area contributed by atoms with Crippen LogP contribution in [0.1, 0.15) is 10.4 Å². The number of likely N-dealkylation sites (N-methyl/N-ethyl adjacent to an activating group) is 1. The van der Waals surface area contributed by atoms with E-state index in [4.69, 9.17) is 0 Å². The molecule has 128 valence electrons. The lowest BCUT2D eigenvalue weighted by Gasteiger charge is -2.09. The summed E-state index contributed by atoms with van der Waals surface area (Å²) in [5, 5.41) is 8.77. The van der Waals surface area contributed by atoms with Crippen molar-refractivity contribution in [3.8, 4) is 5.75 Å². The van der Waals surface area contributed by atoms with Gasteiger partial charge in [0.25, 0.3) is 5.91 Å². The monoisotopic (exact) mass is 342 g/mol. The number of ether oxygens (including phenoxy) is 1. The van der Waals surface area contributed by atoms with E-state index in [0.29, 0.717) is 5.69 Å². The van der Waals surface area contributed by atoms with E-state index in [1.165, 1.54) is 36.3 Å². The van der Waals surface area contributed by atoms with Gasteiger partial charge in [-0.3, -0.25) is 14.3 Å². The molecular formula is C14H13F3N4O3. The number of benzene rings is 1. The van der Waals surface area contributed by atoms with E-state index in [9.17, 15) is 22.8 Å². The van der Waals surface area contributed by atoms with Crippen molar-refractivity contribution in [1.29, 1.82) is 0 Å². The number of carbonyl (C=O) groups is 2. The summed E-state index contributed by atoms with van der Waals surface area (Å²) in [6.45, 7) is -0.0265. The Morgan fingerprint density at radius 2 is 2.08 bits per heavy atom. The summed E-state index contributed by atoms with van der Waals surface area (Å²) >= 11 is 0. The Labute approximate surface area is 134 Å². The normalized spacial score (nSPS) is 11.0. The molecule has 0 saturated carbocycles. The second-order valence-corrected chi connectivity index (χ2v) is 4.63. The molecule has 2 rings (SSSR count). The minimum atomic E-state index is -4.84. The van der Waals surface area contributed by atoms with Gasteiger partial charge in [-0.25, -0.2) is 0 Å². The molecule has 0 aliphatic heterocycles. The van der Waals surface area contributed by atoms with Crippen LogP contribution in [0.15, 0.2) is 36.7 Å². The predicted molar refractivity (Wildman–Crippen MR) is 77.4 cm³/mol. The predicted octanol–water partition coefficient (Wildman–Crippen LogP) is 1.78. The van der Waals surface area contributed by atoms with Crippen LogP contribution in [0, 0.1) is 0 Å². The van der Waals surface area contributed by atoms with Gasteiger partial charge >= 0.3 is 6.36 Å². The molecule has 0 unspecified atom stereocenters. The number of hydrogen-bond acceptors (Lipinski definition) is 4. The average Bonchev–Trinajstić information content (AvgIpc) is 2.92. The van der Waals surface area contributed by atoms with Gasteiger partial charge < -0.3 is 15.4 Å². The topological polar surface area (TPSA) is 85.2 Å². The molecular weight excluding hydrogens is 329 g/mol. The number of nitrogens with one attached hydrogen (secondary N) is 2. The van der Waals surface area contributed by atoms with Crippen molar-refractivity contribution in [2.75, 3.05) is 12.4 Å². The van der Waals surface area contributed by atoms with Crippen LogP contribution in [0.4, 0.5) is 18.9 Å². The molecule has 7 nitrogen and oxygen atoms in total. The smallest absolute Gasteiger partial charge is 0.406 e. The number of nitrogens with zero attached hydrogens (tertiary/aromatic N) is 2. The summed E-state index contributed by atoms with van der Waals surface area (Å²) in [5.41, 5.74) is 0.279. The maximum absolute atomic E-state index is 12.2. The van der Waals surface area contributed by atoms with Crippen molar-refractivity contribution in [2.24, 2.45) is 0 Å². The van der Waals surface area contributed by atoms with E-state index in [0.717, 1.165) is 12.1 Å².